The quantitative estimate of drug-likeness (QED) is 0.867. The summed E-state index contributed by atoms with van der Waals surface area (Å²) >= 11 is 0. The van der Waals surface area contributed by atoms with Crippen molar-refractivity contribution in [2.24, 2.45) is 11.1 Å². The zero-order valence-corrected chi connectivity index (χ0v) is 13.4. The van der Waals surface area contributed by atoms with E-state index in [1.807, 2.05) is 4.90 Å². The molecular weight excluding hydrogens is 276 g/mol. The fraction of sp³-hybridized carbons (Fsp3) is 0.933. The summed E-state index contributed by atoms with van der Waals surface area (Å²) in [6.07, 6.45) is 9.60. The number of hydrogen-bond acceptors (Lipinski definition) is 3. The SMILES string of the molecule is COC(CN)CC(=O)N1CCC2(CCCCC2)CC1.Cl. The van der Waals surface area contributed by atoms with E-state index in [-0.39, 0.29) is 24.4 Å². The number of carbonyl (C=O) groups is 1. The Morgan fingerprint density at radius 3 is 2.30 bits per heavy atom. The van der Waals surface area contributed by atoms with Crippen molar-refractivity contribution in [2.45, 2.75) is 57.5 Å². The van der Waals surface area contributed by atoms with Crippen LogP contribution < -0.4 is 5.73 Å². The molecule has 1 atom stereocenters. The number of ether oxygens (including phenoxy) is 1. The lowest BCUT2D eigenvalue weighted by Crippen LogP contribution is -2.45. The lowest BCUT2D eigenvalue weighted by Gasteiger charge is -2.44. The van der Waals surface area contributed by atoms with Crippen LogP contribution in [0.4, 0.5) is 0 Å². The Labute approximate surface area is 128 Å². The van der Waals surface area contributed by atoms with Crippen molar-refractivity contribution >= 4 is 18.3 Å². The van der Waals surface area contributed by atoms with Crippen LogP contribution in [0.1, 0.15) is 51.4 Å². The molecule has 0 aromatic heterocycles. The van der Waals surface area contributed by atoms with Crippen LogP contribution >= 0.6 is 12.4 Å². The van der Waals surface area contributed by atoms with Crippen molar-refractivity contribution in [3.8, 4) is 0 Å². The molecule has 0 aromatic rings. The summed E-state index contributed by atoms with van der Waals surface area (Å²) in [5.41, 5.74) is 6.14. The lowest BCUT2D eigenvalue weighted by atomic mass is 9.68. The Hall–Kier alpha value is -0.320. The molecule has 1 amide bonds. The van der Waals surface area contributed by atoms with Crippen LogP contribution in [0.25, 0.3) is 0 Å². The second-order valence-electron chi connectivity index (χ2n) is 6.24. The van der Waals surface area contributed by atoms with Gasteiger partial charge in [0.2, 0.25) is 5.91 Å². The number of hydrogen-bond donors (Lipinski definition) is 1. The summed E-state index contributed by atoms with van der Waals surface area (Å²) < 4.78 is 5.20. The van der Waals surface area contributed by atoms with Crippen molar-refractivity contribution in [3.05, 3.63) is 0 Å². The van der Waals surface area contributed by atoms with Gasteiger partial charge in [0.05, 0.1) is 12.5 Å². The molecule has 4 nitrogen and oxygen atoms in total. The Morgan fingerprint density at radius 2 is 1.80 bits per heavy atom. The van der Waals surface area contributed by atoms with Gasteiger partial charge in [-0.25, -0.2) is 0 Å². The van der Waals surface area contributed by atoms with Crippen molar-refractivity contribution in [1.29, 1.82) is 0 Å². The molecular formula is C15H29ClN2O2. The topological polar surface area (TPSA) is 55.6 Å². The number of carbonyl (C=O) groups excluding carboxylic acids is 1. The van der Waals surface area contributed by atoms with E-state index in [2.05, 4.69) is 0 Å². The molecule has 2 rings (SSSR count). The van der Waals surface area contributed by atoms with Gasteiger partial charge in [-0.15, -0.1) is 12.4 Å². The molecule has 118 valence electrons. The second kappa shape index (κ2) is 8.20. The van der Waals surface area contributed by atoms with E-state index in [0.717, 1.165) is 13.1 Å². The van der Waals surface area contributed by atoms with Gasteiger partial charge >= 0.3 is 0 Å². The number of halogens is 1. The van der Waals surface area contributed by atoms with Crippen molar-refractivity contribution in [2.75, 3.05) is 26.7 Å². The maximum Gasteiger partial charge on any atom is 0.225 e. The Morgan fingerprint density at radius 1 is 1.20 bits per heavy atom. The summed E-state index contributed by atoms with van der Waals surface area (Å²) in [6.45, 7) is 2.28. The molecule has 1 spiro atoms. The van der Waals surface area contributed by atoms with Gasteiger partial charge in [-0.05, 0) is 31.1 Å². The van der Waals surface area contributed by atoms with Gasteiger partial charge in [0.1, 0.15) is 0 Å². The van der Waals surface area contributed by atoms with Gasteiger partial charge in [0, 0.05) is 26.7 Å². The molecule has 2 fully saturated rings. The van der Waals surface area contributed by atoms with E-state index in [1.165, 1.54) is 44.9 Å². The number of rotatable bonds is 4. The van der Waals surface area contributed by atoms with Crippen LogP contribution in [0, 0.1) is 5.41 Å². The van der Waals surface area contributed by atoms with E-state index < -0.39 is 0 Å². The highest BCUT2D eigenvalue weighted by molar-refractivity contribution is 5.85. The molecule has 1 aliphatic heterocycles. The average Bonchev–Trinajstić information content (AvgIpc) is 2.46. The van der Waals surface area contributed by atoms with E-state index in [1.54, 1.807) is 7.11 Å². The van der Waals surface area contributed by atoms with Crippen LogP contribution in [0.5, 0.6) is 0 Å². The van der Waals surface area contributed by atoms with Gasteiger partial charge in [0.25, 0.3) is 0 Å². The number of amides is 1. The fourth-order valence-corrected chi connectivity index (χ4v) is 3.62. The molecule has 1 saturated heterocycles. The summed E-state index contributed by atoms with van der Waals surface area (Å²) in [4.78, 5) is 14.2. The molecule has 5 heteroatoms. The normalized spacial score (nSPS) is 23.2. The van der Waals surface area contributed by atoms with Crippen LogP contribution in [0.2, 0.25) is 0 Å². The van der Waals surface area contributed by atoms with Crippen molar-refractivity contribution < 1.29 is 9.53 Å². The molecule has 1 saturated carbocycles. The third kappa shape index (κ3) is 4.34. The van der Waals surface area contributed by atoms with Crippen LogP contribution in [0.15, 0.2) is 0 Å². The number of methoxy groups -OCH3 is 1. The van der Waals surface area contributed by atoms with E-state index in [9.17, 15) is 4.79 Å². The maximum atomic E-state index is 12.2. The van der Waals surface area contributed by atoms with E-state index >= 15 is 0 Å². The first-order valence-corrected chi connectivity index (χ1v) is 7.70. The number of piperidine rings is 1. The van der Waals surface area contributed by atoms with E-state index in [0.29, 0.717) is 18.4 Å². The second-order valence-corrected chi connectivity index (χ2v) is 6.24. The standard InChI is InChI=1S/C15H28N2O2.ClH/c1-19-13(12-16)11-14(18)17-9-7-15(8-10-17)5-3-2-4-6-15;/h13H,2-12,16H2,1H3;1H. The molecule has 1 aliphatic carbocycles. The zero-order valence-electron chi connectivity index (χ0n) is 12.6. The molecule has 1 heterocycles. The first kappa shape index (κ1) is 17.7. The third-order valence-electron chi connectivity index (χ3n) is 5.09. The fourth-order valence-electron chi connectivity index (χ4n) is 3.62. The molecule has 0 aromatic carbocycles. The average molecular weight is 305 g/mol. The largest absolute Gasteiger partial charge is 0.380 e. The lowest BCUT2D eigenvalue weighted by molar-refractivity contribution is -0.136. The maximum absolute atomic E-state index is 12.2. The molecule has 0 radical (unpaired) electrons. The van der Waals surface area contributed by atoms with Crippen LogP contribution in [0.3, 0.4) is 0 Å². The molecule has 2 aliphatic rings. The molecule has 20 heavy (non-hydrogen) atoms. The first-order chi connectivity index (χ1) is 9.19. The van der Waals surface area contributed by atoms with Crippen LogP contribution in [-0.2, 0) is 9.53 Å². The summed E-state index contributed by atoms with van der Waals surface area (Å²) in [6, 6.07) is 0. The molecule has 1 unspecified atom stereocenters. The minimum atomic E-state index is -0.127. The van der Waals surface area contributed by atoms with Crippen molar-refractivity contribution in [3.63, 3.8) is 0 Å². The van der Waals surface area contributed by atoms with E-state index in [4.69, 9.17) is 10.5 Å². The Balaban J connectivity index is 0.00000200. The Bertz CT molecular complexity index is 292. The highest BCUT2D eigenvalue weighted by Crippen LogP contribution is 2.44. The summed E-state index contributed by atoms with van der Waals surface area (Å²) in [5.74, 6) is 0.211. The van der Waals surface area contributed by atoms with Crippen LogP contribution in [-0.4, -0.2) is 43.7 Å². The van der Waals surface area contributed by atoms with Gasteiger partial charge in [0.15, 0.2) is 0 Å². The minimum Gasteiger partial charge on any atom is -0.380 e. The molecule has 2 N–H and O–H groups in total. The predicted octanol–water partition coefficient (Wildman–Crippen LogP) is 2.34. The summed E-state index contributed by atoms with van der Waals surface area (Å²) in [7, 11) is 1.62. The van der Waals surface area contributed by atoms with Gasteiger partial charge < -0.3 is 15.4 Å². The summed E-state index contributed by atoms with van der Waals surface area (Å²) in [5, 5.41) is 0. The number of nitrogens with two attached hydrogens (primary N) is 1. The van der Waals surface area contributed by atoms with Gasteiger partial charge in [-0.3, -0.25) is 4.79 Å². The van der Waals surface area contributed by atoms with Gasteiger partial charge in [-0.2, -0.15) is 0 Å². The smallest absolute Gasteiger partial charge is 0.225 e. The first-order valence-electron chi connectivity index (χ1n) is 7.70. The number of nitrogens with zero attached hydrogens (tertiary/aromatic N) is 1. The minimum absolute atomic E-state index is 0. The monoisotopic (exact) mass is 304 g/mol. The number of likely N-dealkylation sites (tertiary alicyclic amines) is 1. The zero-order chi connectivity index (χ0) is 13.7. The predicted molar refractivity (Wildman–Crippen MR) is 83.0 cm³/mol. The highest BCUT2D eigenvalue weighted by Gasteiger charge is 2.36. The van der Waals surface area contributed by atoms with Crippen molar-refractivity contribution in [1.82, 2.24) is 4.90 Å². The van der Waals surface area contributed by atoms with Gasteiger partial charge in [-0.1, -0.05) is 19.3 Å². The highest BCUT2D eigenvalue weighted by atomic mass is 35.5. The molecule has 0 bridgehead atoms. The Kier molecular flexibility index (Phi) is 7.27. The third-order valence-corrected chi connectivity index (χ3v) is 5.09.